The Balaban J connectivity index is 2.51. The number of carbonyl (C=O) groups is 2. The smallest absolute Gasteiger partial charge is 0.408 e. The normalized spacial score (nSPS) is 14.9. The summed E-state index contributed by atoms with van der Waals surface area (Å²) in [6, 6.07) is 12.9. The maximum Gasteiger partial charge on any atom is 0.408 e. The third kappa shape index (κ3) is 10.0. The molecule has 2 amide bonds. The molecule has 4 N–H and O–H groups in total. The Morgan fingerprint density at radius 1 is 0.955 bits per heavy atom. The molecule has 12 heteroatoms. The van der Waals surface area contributed by atoms with E-state index in [0.717, 1.165) is 10.5 Å². The average molecular weight is 633 g/mol. The van der Waals surface area contributed by atoms with Gasteiger partial charge in [-0.1, -0.05) is 82.2 Å². The van der Waals surface area contributed by atoms with E-state index in [1.165, 1.54) is 34.8 Å². The highest BCUT2D eigenvalue weighted by Crippen LogP contribution is 2.31. The van der Waals surface area contributed by atoms with Crippen molar-refractivity contribution in [2.24, 2.45) is 16.5 Å². The van der Waals surface area contributed by atoms with Gasteiger partial charge in [-0.3, -0.25) is 9.69 Å². The molecule has 0 bridgehead atoms. The molecule has 0 aliphatic rings. The number of carbonyl (C=O) groups excluding carboxylic acids is 1. The number of nitrogens with zero attached hydrogens (tertiary/aromatic N) is 3. The molecule has 0 saturated carbocycles. The van der Waals surface area contributed by atoms with E-state index in [4.69, 9.17) is 5.21 Å². The van der Waals surface area contributed by atoms with E-state index in [1.54, 1.807) is 41.5 Å². The third-order valence-electron chi connectivity index (χ3n) is 7.03. The lowest BCUT2D eigenvalue weighted by Gasteiger charge is -2.45. The number of oxime groups is 1. The molecule has 0 fully saturated rings. The molecule has 2 aromatic carbocycles. The van der Waals surface area contributed by atoms with E-state index in [9.17, 15) is 28.2 Å². The van der Waals surface area contributed by atoms with Crippen LogP contribution in [-0.4, -0.2) is 88.1 Å². The summed E-state index contributed by atoms with van der Waals surface area (Å²) < 4.78 is 28.7. The number of nitrogens with one attached hydrogen (secondary N) is 1. The van der Waals surface area contributed by atoms with Crippen LogP contribution in [0.3, 0.4) is 0 Å². The van der Waals surface area contributed by atoms with E-state index >= 15 is 0 Å². The molecule has 11 nitrogen and oxygen atoms in total. The minimum absolute atomic E-state index is 0.000779. The molecular formula is C32H48N4O7S. The molecular weight excluding hydrogens is 584 g/mol. The van der Waals surface area contributed by atoms with Crippen LogP contribution in [0.1, 0.15) is 66.5 Å². The fraction of sp³-hybridized carbons (Fsp3) is 0.531. The van der Waals surface area contributed by atoms with Gasteiger partial charge >= 0.3 is 6.09 Å². The number of rotatable bonds is 13. The predicted molar refractivity (Wildman–Crippen MR) is 170 cm³/mol. The van der Waals surface area contributed by atoms with Gasteiger partial charge in [-0.15, -0.1) is 0 Å². The standard InChI is InChI=1S/C32H48N4O7S/c1-22(2)20-35(44(42,43)25-16-14-24(15-17-25)19-33-41)21-27(37)26(18-23-12-10-9-11-13-23)34-29(38)28(31(3,4)5)36(30(39)40)32(6,7)8/h9-17,19,22,26-28,37,41H,18,20-21H2,1-8H3,(H,34,38)(H,39,40)/b33-19+/t26-,27+,28+/m0/s1. The minimum atomic E-state index is -4.07. The van der Waals surface area contributed by atoms with Gasteiger partial charge in [0.2, 0.25) is 15.9 Å². The monoisotopic (exact) mass is 632 g/mol. The van der Waals surface area contributed by atoms with Gasteiger partial charge in [0.15, 0.2) is 0 Å². The molecule has 44 heavy (non-hydrogen) atoms. The molecule has 0 radical (unpaired) electrons. The second-order valence-corrected chi connectivity index (χ2v) is 15.4. The molecule has 0 unspecified atom stereocenters. The Morgan fingerprint density at radius 3 is 1.98 bits per heavy atom. The highest BCUT2D eigenvalue weighted by atomic mass is 32.2. The summed E-state index contributed by atoms with van der Waals surface area (Å²) in [6.45, 7) is 14.0. The summed E-state index contributed by atoms with van der Waals surface area (Å²) in [5.74, 6) is -0.671. The van der Waals surface area contributed by atoms with Crippen LogP contribution in [0.2, 0.25) is 0 Å². The zero-order chi connectivity index (χ0) is 33.5. The molecule has 2 aromatic rings. The van der Waals surface area contributed by atoms with E-state index in [-0.39, 0.29) is 30.3 Å². The Hall–Kier alpha value is -3.48. The van der Waals surface area contributed by atoms with Gasteiger partial charge in [0.05, 0.1) is 23.3 Å². The maximum atomic E-state index is 14.0. The molecule has 2 rings (SSSR count). The fourth-order valence-electron chi connectivity index (χ4n) is 5.05. The highest BCUT2D eigenvalue weighted by Gasteiger charge is 2.45. The summed E-state index contributed by atoms with van der Waals surface area (Å²) >= 11 is 0. The van der Waals surface area contributed by atoms with Crippen molar-refractivity contribution in [1.29, 1.82) is 0 Å². The van der Waals surface area contributed by atoms with Crippen molar-refractivity contribution in [3.8, 4) is 0 Å². The minimum Gasteiger partial charge on any atom is -0.465 e. The predicted octanol–water partition coefficient (Wildman–Crippen LogP) is 4.42. The zero-order valence-electron chi connectivity index (χ0n) is 26.9. The summed E-state index contributed by atoms with van der Waals surface area (Å²) in [5, 5.41) is 36.4. The van der Waals surface area contributed by atoms with Crippen LogP contribution in [-0.2, 0) is 21.2 Å². The van der Waals surface area contributed by atoms with Crippen molar-refractivity contribution in [3.05, 3.63) is 65.7 Å². The summed E-state index contributed by atoms with van der Waals surface area (Å²) in [7, 11) is -4.07. The number of carboxylic acid groups (broad SMARTS) is 1. The zero-order valence-corrected chi connectivity index (χ0v) is 27.7. The topological polar surface area (TPSA) is 160 Å². The van der Waals surface area contributed by atoms with Gasteiger partial charge in [-0.25, -0.2) is 13.2 Å². The number of hydrogen-bond donors (Lipinski definition) is 4. The summed E-state index contributed by atoms with van der Waals surface area (Å²) in [5.41, 5.74) is -0.408. The maximum absolute atomic E-state index is 14.0. The largest absolute Gasteiger partial charge is 0.465 e. The number of benzene rings is 2. The van der Waals surface area contributed by atoms with Gasteiger partial charge in [-0.2, -0.15) is 4.31 Å². The third-order valence-corrected chi connectivity index (χ3v) is 8.88. The number of aliphatic hydroxyl groups is 1. The van der Waals surface area contributed by atoms with Crippen LogP contribution in [0.15, 0.2) is 64.6 Å². The molecule has 244 valence electrons. The van der Waals surface area contributed by atoms with Crippen LogP contribution in [0.4, 0.5) is 4.79 Å². The molecule has 0 aromatic heterocycles. The molecule has 3 atom stereocenters. The van der Waals surface area contributed by atoms with Crippen LogP contribution >= 0.6 is 0 Å². The Morgan fingerprint density at radius 2 is 1.52 bits per heavy atom. The van der Waals surface area contributed by atoms with Crippen LogP contribution < -0.4 is 5.32 Å². The first kappa shape index (κ1) is 36.7. The second kappa shape index (κ2) is 15.0. The summed E-state index contributed by atoms with van der Waals surface area (Å²) in [6.07, 6.45) is -1.24. The quantitative estimate of drug-likeness (QED) is 0.144. The van der Waals surface area contributed by atoms with E-state index in [0.29, 0.717) is 5.56 Å². The van der Waals surface area contributed by atoms with Crippen LogP contribution in [0.5, 0.6) is 0 Å². The van der Waals surface area contributed by atoms with Crippen molar-refractivity contribution in [3.63, 3.8) is 0 Å². The lowest BCUT2D eigenvalue weighted by atomic mass is 9.82. The van der Waals surface area contributed by atoms with Gasteiger partial charge in [0.1, 0.15) is 6.04 Å². The van der Waals surface area contributed by atoms with Gasteiger partial charge < -0.3 is 20.7 Å². The molecule has 0 saturated heterocycles. The van der Waals surface area contributed by atoms with Crippen LogP contribution in [0, 0.1) is 11.3 Å². The average Bonchev–Trinajstić information content (AvgIpc) is 2.90. The highest BCUT2D eigenvalue weighted by molar-refractivity contribution is 7.89. The van der Waals surface area contributed by atoms with Crippen LogP contribution in [0.25, 0.3) is 0 Å². The van der Waals surface area contributed by atoms with Crippen molar-refractivity contribution in [2.75, 3.05) is 13.1 Å². The van der Waals surface area contributed by atoms with E-state index in [1.807, 2.05) is 44.2 Å². The lowest BCUT2D eigenvalue weighted by Crippen LogP contribution is -2.63. The Kier molecular flexibility index (Phi) is 12.5. The molecule has 0 aliphatic carbocycles. The number of hydrogen-bond acceptors (Lipinski definition) is 7. The number of amides is 2. The van der Waals surface area contributed by atoms with Gasteiger partial charge in [0, 0.05) is 18.6 Å². The number of sulfonamides is 1. The molecule has 0 spiro atoms. The van der Waals surface area contributed by atoms with Crippen molar-refractivity contribution >= 4 is 28.2 Å². The molecule has 0 aliphatic heterocycles. The van der Waals surface area contributed by atoms with Crippen molar-refractivity contribution < 1.29 is 33.4 Å². The Bertz CT molecular complexity index is 1370. The lowest BCUT2D eigenvalue weighted by molar-refractivity contribution is -0.133. The fourth-order valence-corrected chi connectivity index (χ4v) is 6.67. The van der Waals surface area contributed by atoms with Crippen molar-refractivity contribution in [2.45, 2.75) is 90.4 Å². The Labute approximate surface area is 261 Å². The first-order chi connectivity index (χ1) is 20.3. The molecule has 0 heterocycles. The van der Waals surface area contributed by atoms with Gasteiger partial charge in [-0.05, 0) is 61.8 Å². The second-order valence-electron chi connectivity index (χ2n) is 13.5. The van der Waals surface area contributed by atoms with Crippen molar-refractivity contribution in [1.82, 2.24) is 14.5 Å². The SMILES string of the molecule is CC(C)CN(C[C@@H](O)[C@H](Cc1ccccc1)NC(=O)[C@@H](N(C(=O)O)C(C)(C)C)C(C)(C)C)S(=O)(=O)c1ccc(/C=N/O)cc1. The first-order valence-corrected chi connectivity index (χ1v) is 16.0. The van der Waals surface area contributed by atoms with E-state index in [2.05, 4.69) is 10.5 Å². The number of aliphatic hydroxyl groups excluding tert-OH is 1. The van der Waals surface area contributed by atoms with E-state index < -0.39 is 51.2 Å². The first-order valence-electron chi connectivity index (χ1n) is 14.6. The van der Waals surface area contributed by atoms with Gasteiger partial charge in [0.25, 0.3) is 0 Å². The summed E-state index contributed by atoms with van der Waals surface area (Å²) in [4.78, 5) is 27.5.